The predicted molar refractivity (Wildman–Crippen MR) is 118 cm³/mol. The highest BCUT2D eigenvalue weighted by Crippen LogP contribution is 2.51. The van der Waals surface area contributed by atoms with Crippen LogP contribution in [0.25, 0.3) is 22.0 Å². The molecule has 2 heterocycles. The number of fused-ring (bicyclic) bond motifs is 1. The van der Waals surface area contributed by atoms with Crippen LogP contribution >= 0.6 is 0 Å². The Morgan fingerprint density at radius 2 is 1.70 bits per heavy atom. The third kappa shape index (κ3) is 2.92. The zero-order valence-corrected chi connectivity index (χ0v) is 16.6. The summed E-state index contributed by atoms with van der Waals surface area (Å²) in [6.07, 6.45) is 8.96. The molecular formula is C24H23N5O. The average molecular weight is 397 g/mol. The standard InChI is InChI=1S/C24H23N5O/c25-22(30)15-29-14-20(19-4-1-2-5-21(19)29)24(10-3-11-24)18-8-6-16(7-9-18)17-12-27-23(26)28-13-17/h1-2,4-9,12-14H,3,10-11,15H2,(H2,25,30)(H2,26,27,28). The number of benzene rings is 2. The fourth-order valence-electron chi connectivity index (χ4n) is 4.64. The molecule has 150 valence electrons. The van der Waals surface area contributed by atoms with Gasteiger partial charge in [-0.3, -0.25) is 4.79 Å². The summed E-state index contributed by atoms with van der Waals surface area (Å²) in [6, 6.07) is 16.9. The minimum absolute atomic E-state index is 0.0430. The van der Waals surface area contributed by atoms with Crippen LogP contribution in [0.15, 0.2) is 67.1 Å². The van der Waals surface area contributed by atoms with E-state index in [-0.39, 0.29) is 23.8 Å². The van der Waals surface area contributed by atoms with Crippen molar-refractivity contribution >= 4 is 22.8 Å². The van der Waals surface area contributed by atoms with Crippen molar-refractivity contribution in [2.24, 2.45) is 5.73 Å². The van der Waals surface area contributed by atoms with E-state index in [1.807, 2.05) is 10.6 Å². The summed E-state index contributed by atoms with van der Waals surface area (Å²) in [4.78, 5) is 19.8. The first kappa shape index (κ1) is 18.4. The minimum Gasteiger partial charge on any atom is -0.368 e. The molecule has 1 fully saturated rings. The molecule has 1 aliphatic rings. The fourth-order valence-corrected chi connectivity index (χ4v) is 4.64. The monoisotopic (exact) mass is 397 g/mol. The molecule has 1 amide bonds. The number of nitrogen functional groups attached to an aromatic ring is 1. The number of carbonyl (C=O) groups is 1. The van der Waals surface area contributed by atoms with Gasteiger partial charge in [0.05, 0.1) is 0 Å². The van der Waals surface area contributed by atoms with Gasteiger partial charge in [0.25, 0.3) is 0 Å². The van der Waals surface area contributed by atoms with Gasteiger partial charge in [-0.05, 0) is 35.6 Å². The molecule has 2 aromatic heterocycles. The summed E-state index contributed by atoms with van der Waals surface area (Å²) in [5.41, 5.74) is 16.7. The first-order valence-electron chi connectivity index (χ1n) is 10.1. The molecule has 4 aromatic rings. The van der Waals surface area contributed by atoms with Crippen molar-refractivity contribution in [2.45, 2.75) is 31.2 Å². The Bertz CT molecular complexity index is 1220. The molecule has 0 radical (unpaired) electrons. The van der Waals surface area contributed by atoms with Gasteiger partial charge < -0.3 is 16.0 Å². The minimum atomic E-state index is -0.333. The van der Waals surface area contributed by atoms with Crippen LogP contribution in [-0.2, 0) is 16.8 Å². The average Bonchev–Trinajstić information content (AvgIpc) is 3.07. The quantitative estimate of drug-likeness (QED) is 0.537. The maximum Gasteiger partial charge on any atom is 0.237 e. The number of aromatic nitrogens is 3. The van der Waals surface area contributed by atoms with Gasteiger partial charge in [-0.1, -0.05) is 48.9 Å². The lowest BCUT2D eigenvalue weighted by molar-refractivity contribution is -0.118. The second-order valence-corrected chi connectivity index (χ2v) is 8.00. The highest BCUT2D eigenvalue weighted by Gasteiger charge is 2.42. The van der Waals surface area contributed by atoms with Gasteiger partial charge in [-0.15, -0.1) is 0 Å². The topological polar surface area (TPSA) is 99.8 Å². The second kappa shape index (κ2) is 6.99. The first-order valence-corrected chi connectivity index (χ1v) is 10.1. The zero-order valence-electron chi connectivity index (χ0n) is 16.6. The van der Waals surface area contributed by atoms with Crippen molar-refractivity contribution in [3.05, 3.63) is 78.2 Å². The molecule has 0 spiro atoms. The number of hydrogen-bond acceptors (Lipinski definition) is 4. The Balaban J connectivity index is 1.58. The normalized spacial score (nSPS) is 15.1. The molecule has 1 saturated carbocycles. The fraction of sp³-hybridized carbons (Fsp3) is 0.208. The molecule has 2 aromatic carbocycles. The Morgan fingerprint density at radius 1 is 1.00 bits per heavy atom. The van der Waals surface area contributed by atoms with Crippen LogP contribution in [0, 0.1) is 0 Å². The van der Waals surface area contributed by atoms with Gasteiger partial charge in [-0.2, -0.15) is 0 Å². The van der Waals surface area contributed by atoms with Crippen molar-refractivity contribution in [2.75, 3.05) is 5.73 Å². The molecule has 1 aliphatic carbocycles. The van der Waals surface area contributed by atoms with Gasteiger partial charge in [0, 0.05) is 40.5 Å². The van der Waals surface area contributed by atoms with Gasteiger partial charge >= 0.3 is 0 Å². The predicted octanol–water partition coefficient (Wildman–Crippen LogP) is 3.64. The van der Waals surface area contributed by atoms with Crippen LogP contribution in [0.3, 0.4) is 0 Å². The lowest BCUT2D eigenvalue weighted by atomic mass is 9.60. The van der Waals surface area contributed by atoms with E-state index >= 15 is 0 Å². The zero-order chi connectivity index (χ0) is 20.7. The number of primary amides is 1. The Hall–Kier alpha value is -3.67. The number of hydrogen-bond donors (Lipinski definition) is 2. The molecule has 0 aliphatic heterocycles. The molecular weight excluding hydrogens is 374 g/mol. The Kier molecular flexibility index (Phi) is 4.28. The molecule has 30 heavy (non-hydrogen) atoms. The highest BCUT2D eigenvalue weighted by atomic mass is 16.1. The number of rotatable bonds is 5. The van der Waals surface area contributed by atoms with E-state index in [2.05, 4.69) is 58.6 Å². The number of nitrogens with zero attached hydrogens (tertiary/aromatic N) is 3. The largest absolute Gasteiger partial charge is 0.368 e. The SMILES string of the molecule is NC(=O)Cn1cc(C2(c3ccc(-c4cnc(N)nc4)cc3)CCC2)c2ccccc21. The third-order valence-electron chi connectivity index (χ3n) is 6.28. The van der Waals surface area contributed by atoms with Crippen molar-refractivity contribution in [3.63, 3.8) is 0 Å². The van der Waals surface area contributed by atoms with Crippen LogP contribution in [-0.4, -0.2) is 20.4 Å². The van der Waals surface area contributed by atoms with E-state index in [4.69, 9.17) is 11.5 Å². The Labute approximate surface area is 174 Å². The number of carbonyl (C=O) groups excluding carboxylic acids is 1. The maximum atomic E-state index is 11.6. The summed E-state index contributed by atoms with van der Waals surface area (Å²) in [6.45, 7) is 0.187. The number of nitrogens with two attached hydrogens (primary N) is 2. The number of amides is 1. The Morgan fingerprint density at radius 3 is 2.33 bits per heavy atom. The molecule has 0 atom stereocenters. The van der Waals surface area contributed by atoms with Crippen LogP contribution in [0.4, 0.5) is 5.95 Å². The molecule has 6 nitrogen and oxygen atoms in total. The van der Waals surface area contributed by atoms with E-state index < -0.39 is 0 Å². The molecule has 0 saturated heterocycles. The van der Waals surface area contributed by atoms with E-state index in [1.165, 1.54) is 22.9 Å². The van der Waals surface area contributed by atoms with Gasteiger partial charge in [0.2, 0.25) is 11.9 Å². The van der Waals surface area contributed by atoms with Crippen LogP contribution in [0.5, 0.6) is 0 Å². The third-order valence-corrected chi connectivity index (χ3v) is 6.28. The summed E-state index contributed by atoms with van der Waals surface area (Å²) in [5, 5.41) is 1.19. The van der Waals surface area contributed by atoms with Gasteiger partial charge in [-0.25, -0.2) is 9.97 Å². The van der Waals surface area contributed by atoms with E-state index in [9.17, 15) is 4.79 Å². The second-order valence-electron chi connectivity index (χ2n) is 8.00. The van der Waals surface area contributed by atoms with E-state index in [0.29, 0.717) is 0 Å². The van der Waals surface area contributed by atoms with Crippen LogP contribution in [0.2, 0.25) is 0 Å². The van der Waals surface area contributed by atoms with Crippen molar-refractivity contribution in [1.82, 2.24) is 14.5 Å². The van der Waals surface area contributed by atoms with Crippen LogP contribution in [0.1, 0.15) is 30.4 Å². The molecule has 5 rings (SSSR count). The van der Waals surface area contributed by atoms with E-state index in [1.54, 1.807) is 12.4 Å². The summed E-state index contributed by atoms with van der Waals surface area (Å²) >= 11 is 0. The lowest BCUT2D eigenvalue weighted by Crippen LogP contribution is -2.35. The summed E-state index contributed by atoms with van der Waals surface area (Å²) in [5.74, 6) is -0.0591. The number of anilines is 1. The summed E-state index contributed by atoms with van der Waals surface area (Å²) < 4.78 is 1.98. The van der Waals surface area contributed by atoms with Gasteiger partial charge in [0.1, 0.15) is 6.54 Å². The molecule has 0 bridgehead atoms. The maximum absolute atomic E-state index is 11.6. The van der Waals surface area contributed by atoms with Crippen molar-refractivity contribution in [1.29, 1.82) is 0 Å². The molecule has 0 unspecified atom stereocenters. The van der Waals surface area contributed by atoms with Crippen molar-refractivity contribution < 1.29 is 4.79 Å². The summed E-state index contributed by atoms with van der Waals surface area (Å²) in [7, 11) is 0. The highest BCUT2D eigenvalue weighted by molar-refractivity contribution is 5.87. The molecule has 6 heteroatoms. The lowest BCUT2D eigenvalue weighted by Gasteiger charge is -2.43. The van der Waals surface area contributed by atoms with Crippen LogP contribution < -0.4 is 11.5 Å². The van der Waals surface area contributed by atoms with Crippen molar-refractivity contribution in [3.8, 4) is 11.1 Å². The smallest absolute Gasteiger partial charge is 0.237 e. The molecule has 4 N–H and O–H groups in total. The number of para-hydroxylation sites is 1. The van der Waals surface area contributed by atoms with E-state index in [0.717, 1.165) is 29.5 Å². The first-order chi connectivity index (χ1) is 14.6. The van der Waals surface area contributed by atoms with Gasteiger partial charge in [0.15, 0.2) is 0 Å².